The van der Waals surface area contributed by atoms with E-state index in [1.807, 2.05) is 0 Å². The lowest BCUT2D eigenvalue weighted by Gasteiger charge is -2.04. The normalized spacial score (nSPS) is 16.1. The Hall–Kier alpha value is -0.140. The summed E-state index contributed by atoms with van der Waals surface area (Å²) in [4.78, 5) is 8.73. The predicted octanol–water partition coefficient (Wildman–Crippen LogP) is 2.25. The molecule has 1 saturated carbocycles. The van der Waals surface area contributed by atoms with Gasteiger partial charge in [0.25, 0.3) is 0 Å². The van der Waals surface area contributed by atoms with Gasteiger partial charge in [0.2, 0.25) is 0 Å². The maximum atomic E-state index is 11.0. The van der Waals surface area contributed by atoms with Crippen LogP contribution in [0.1, 0.15) is 24.6 Å². The van der Waals surface area contributed by atoms with Gasteiger partial charge in [-0.3, -0.25) is 0 Å². The first kappa shape index (κ1) is 13.3. The smallest absolute Gasteiger partial charge is 0.148 e. The molecule has 1 aliphatic carbocycles. The molecule has 1 aromatic heterocycles. The third-order valence-corrected chi connectivity index (χ3v) is 5.41. The minimum absolute atomic E-state index is 0.173. The standard InChI is InChI=1S/C10H13BrN2O2S2/c1-17(14,15)5-4-16-10-8(11)6-12-9(13-10)7-2-3-7/h6-7H,2-5H2,1H3. The van der Waals surface area contributed by atoms with Crippen LogP contribution in [-0.2, 0) is 9.84 Å². The Morgan fingerprint density at radius 1 is 1.53 bits per heavy atom. The largest absolute Gasteiger partial charge is 0.240 e. The SMILES string of the molecule is CS(=O)(=O)CCSc1nc(C2CC2)ncc1Br. The average molecular weight is 337 g/mol. The molecule has 2 rings (SSSR count). The van der Waals surface area contributed by atoms with E-state index < -0.39 is 9.84 Å². The Bertz CT molecular complexity index is 515. The van der Waals surface area contributed by atoms with Crippen molar-refractivity contribution in [2.24, 2.45) is 0 Å². The van der Waals surface area contributed by atoms with Crippen molar-refractivity contribution in [1.29, 1.82) is 0 Å². The van der Waals surface area contributed by atoms with Crippen LogP contribution in [0.15, 0.2) is 15.7 Å². The van der Waals surface area contributed by atoms with Crippen molar-refractivity contribution >= 4 is 37.5 Å². The van der Waals surface area contributed by atoms with Gasteiger partial charge in [-0.25, -0.2) is 18.4 Å². The van der Waals surface area contributed by atoms with E-state index in [0.29, 0.717) is 11.7 Å². The van der Waals surface area contributed by atoms with Gasteiger partial charge in [0.15, 0.2) is 0 Å². The molecule has 1 aliphatic rings. The number of halogens is 1. The molecule has 0 radical (unpaired) electrons. The molecule has 0 aliphatic heterocycles. The Morgan fingerprint density at radius 3 is 2.82 bits per heavy atom. The number of thioether (sulfide) groups is 1. The summed E-state index contributed by atoms with van der Waals surface area (Å²) in [6.45, 7) is 0. The summed E-state index contributed by atoms with van der Waals surface area (Å²) in [7, 11) is -2.90. The monoisotopic (exact) mass is 336 g/mol. The van der Waals surface area contributed by atoms with Gasteiger partial charge in [0.1, 0.15) is 20.7 Å². The minimum Gasteiger partial charge on any atom is -0.240 e. The fraction of sp³-hybridized carbons (Fsp3) is 0.600. The zero-order chi connectivity index (χ0) is 12.5. The van der Waals surface area contributed by atoms with Crippen molar-refractivity contribution in [3.05, 3.63) is 16.5 Å². The molecule has 1 fully saturated rings. The molecule has 94 valence electrons. The summed E-state index contributed by atoms with van der Waals surface area (Å²) in [5, 5.41) is 0.838. The Balaban J connectivity index is 2.01. The fourth-order valence-electron chi connectivity index (χ4n) is 1.29. The zero-order valence-corrected chi connectivity index (χ0v) is 12.6. The summed E-state index contributed by atoms with van der Waals surface area (Å²) >= 11 is 4.84. The first-order valence-corrected chi connectivity index (χ1v) is 9.12. The highest BCUT2D eigenvalue weighted by atomic mass is 79.9. The number of rotatable bonds is 5. The maximum absolute atomic E-state index is 11.0. The summed E-state index contributed by atoms with van der Waals surface area (Å²) in [6, 6.07) is 0. The van der Waals surface area contributed by atoms with Gasteiger partial charge in [-0.1, -0.05) is 0 Å². The van der Waals surface area contributed by atoms with Crippen molar-refractivity contribution in [3.8, 4) is 0 Å². The van der Waals surface area contributed by atoms with Gasteiger partial charge in [0, 0.05) is 24.1 Å². The van der Waals surface area contributed by atoms with Crippen LogP contribution < -0.4 is 0 Å². The van der Waals surface area contributed by atoms with Gasteiger partial charge in [-0.05, 0) is 28.8 Å². The summed E-state index contributed by atoms with van der Waals surface area (Å²) in [5.74, 6) is 2.10. The van der Waals surface area contributed by atoms with Crippen LogP contribution in [0.2, 0.25) is 0 Å². The summed E-state index contributed by atoms with van der Waals surface area (Å²) in [5.41, 5.74) is 0. The highest BCUT2D eigenvalue weighted by Crippen LogP contribution is 2.39. The van der Waals surface area contributed by atoms with Gasteiger partial charge in [-0.15, -0.1) is 11.8 Å². The number of hydrogen-bond donors (Lipinski definition) is 0. The molecule has 0 saturated heterocycles. The Kier molecular flexibility index (Phi) is 4.10. The maximum Gasteiger partial charge on any atom is 0.148 e. The number of sulfone groups is 1. The first-order valence-electron chi connectivity index (χ1n) is 5.28. The second-order valence-electron chi connectivity index (χ2n) is 4.13. The van der Waals surface area contributed by atoms with Crippen LogP contribution in [-0.4, -0.2) is 36.1 Å². The molecular formula is C10H13BrN2O2S2. The molecule has 0 bridgehead atoms. The number of nitrogens with zero attached hydrogens (tertiary/aromatic N) is 2. The molecule has 7 heteroatoms. The molecule has 0 atom stereocenters. The summed E-state index contributed by atoms with van der Waals surface area (Å²) < 4.78 is 22.9. The molecule has 0 N–H and O–H groups in total. The van der Waals surface area contributed by atoms with Crippen molar-refractivity contribution < 1.29 is 8.42 Å². The first-order chi connectivity index (χ1) is 7.96. The molecule has 0 amide bonds. The zero-order valence-electron chi connectivity index (χ0n) is 9.39. The van der Waals surface area contributed by atoms with E-state index >= 15 is 0 Å². The topological polar surface area (TPSA) is 59.9 Å². The predicted molar refractivity (Wildman–Crippen MR) is 72.1 cm³/mol. The van der Waals surface area contributed by atoms with Crippen LogP contribution in [0.5, 0.6) is 0 Å². The van der Waals surface area contributed by atoms with E-state index in [4.69, 9.17) is 0 Å². The fourth-order valence-corrected chi connectivity index (χ4v) is 3.91. The quantitative estimate of drug-likeness (QED) is 0.609. The van der Waals surface area contributed by atoms with Crippen LogP contribution in [0, 0.1) is 0 Å². The second-order valence-corrected chi connectivity index (χ2v) is 8.33. The second kappa shape index (κ2) is 5.24. The summed E-state index contributed by atoms with van der Waals surface area (Å²) in [6.07, 6.45) is 5.33. The molecule has 0 spiro atoms. The molecule has 0 unspecified atom stereocenters. The molecule has 4 nitrogen and oxygen atoms in total. The van der Waals surface area contributed by atoms with E-state index in [9.17, 15) is 8.42 Å². The Labute approximate surface area is 114 Å². The van der Waals surface area contributed by atoms with Gasteiger partial charge in [0.05, 0.1) is 10.2 Å². The highest BCUT2D eigenvalue weighted by molar-refractivity contribution is 9.10. The van der Waals surface area contributed by atoms with Gasteiger partial charge in [-0.2, -0.15) is 0 Å². The van der Waals surface area contributed by atoms with E-state index in [0.717, 1.165) is 28.2 Å². The van der Waals surface area contributed by atoms with E-state index in [1.54, 1.807) is 6.20 Å². The Morgan fingerprint density at radius 2 is 2.24 bits per heavy atom. The van der Waals surface area contributed by atoms with Crippen LogP contribution >= 0.6 is 27.7 Å². The molecular weight excluding hydrogens is 324 g/mol. The van der Waals surface area contributed by atoms with Gasteiger partial charge >= 0.3 is 0 Å². The molecule has 1 heterocycles. The van der Waals surface area contributed by atoms with Crippen molar-refractivity contribution in [1.82, 2.24) is 9.97 Å². The van der Waals surface area contributed by atoms with E-state index in [2.05, 4.69) is 25.9 Å². The van der Waals surface area contributed by atoms with Crippen LogP contribution in [0.4, 0.5) is 0 Å². The van der Waals surface area contributed by atoms with Crippen molar-refractivity contribution in [3.63, 3.8) is 0 Å². The van der Waals surface area contributed by atoms with E-state index in [-0.39, 0.29) is 5.75 Å². The lowest BCUT2D eigenvalue weighted by Crippen LogP contribution is -2.05. The minimum atomic E-state index is -2.90. The van der Waals surface area contributed by atoms with Crippen LogP contribution in [0.3, 0.4) is 0 Å². The third-order valence-electron chi connectivity index (χ3n) is 2.37. The van der Waals surface area contributed by atoms with Crippen molar-refractivity contribution in [2.75, 3.05) is 17.8 Å². The van der Waals surface area contributed by atoms with Gasteiger partial charge < -0.3 is 0 Å². The number of hydrogen-bond acceptors (Lipinski definition) is 5. The van der Waals surface area contributed by atoms with E-state index in [1.165, 1.54) is 18.0 Å². The number of aromatic nitrogens is 2. The van der Waals surface area contributed by atoms with Crippen LogP contribution in [0.25, 0.3) is 0 Å². The molecule has 1 aromatic rings. The lowest BCUT2D eigenvalue weighted by molar-refractivity contribution is 0.603. The highest BCUT2D eigenvalue weighted by Gasteiger charge is 2.27. The van der Waals surface area contributed by atoms with Crippen molar-refractivity contribution in [2.45, 2.75) is 23.8 Å². The molecule has 17 heavy (non-hydrogen) atoms. The third kappa shape index (κ3) is 4.22. The molecule has 0 aromatic carbocycles. The average Bonchev–Trinajstić information content (AvgIpc) is 3.02. The lowest BCUT2D eigenvalue weighted by atomic mass is 10.4.